The Morgan fingerprint density at radius 3 is 2.81 bits per heavy atom. The van der Waals surface area contributed by atoms with Crippen molar-refractivity contribution >= 4 is 11.9 Å². The maximum Gasteiger partial charge on any atom is 0.338 e. The molecule has 1 aliphatic rings. The molecule has 0 aliphatic carbocycles. The molecule has 3 rings (SSSR count). The Bertz CT molecular complexity index is 778. The lowest BCUT2D eigenvalue weighted by atomic mass is 10.1. The Kier molecular flexibility index (Phi) is 5.58. The summed E-state index contributed by atoms with van der Waals surface area (Å²) in [6, 6.07) is 8.70. The smallest absolute Gasteiger partial charge is 0.338 e. The number of hydrogen-bond acceptors (Lipinski definition) is 5. The van der Waals surface area contributed by atoms with Crippen LogP contribution < -0.4 is 4.74 Å². The van der Waals surface area contributed by atoms with Gasteiger partial charge in [0.25, 0.3) is 5.91 Å². The summed E-state index contributed by atoms with van der Waals surface area (Å²) in [5, 5.41) is 9.03. The first-order valence-electron chi connectivity index (χ1n) is 8.43. The summed E-state index contributed by atoms with van der Waals surface area (Å²) in [5.41, 5.74) is 0.800. The van der Waals surface area contributed by atoms with Crippen molar-refractivity contribution in [2.75, 3.05) is 20.3 Å². The molecule has 7 heteroatoms. The second-order valence-corrected chi connectivity index (χ2v) is 6.14. The minimum atomic E-state index is -1.14. The first-order chi connectivity index (χ1) is 12.6. The predicted octanol–water partition coefficient (Wildman–Crippen LogP) is 2.81. The summed E-state index contributed by atoms with van der Waals surface area (Å²) in [7, 11) is 1.58. The van der Waals surface area contributed by atoms with Gasteiger partial charge in [0.2, 0.25) is 0 Å². The molecular formula is C19H21NO6. The van der Waals surface area contributed by atoms with Gasteiger partial charge in [0.15, 0.2) is 5.76 Å². The van der Waals surface area contributed by atoms with Gasteiger partial charge in [-0.05, 0) is 18.9 Å². The number of rotatable bonds is 7. The van der Waals surface area contributed by atoms with Crippen LogP contribution in [0.2, 0.25) is 0 Å². The molecule has 0 saturated carbocycles. The molecule has 1 aromatic carbocycles. The summed E-state index contributed by atoms with van der Waals surface area (Å²) in [6.45, 7) is 1.40. The normalized spacial score (nSPS) is 16.4. The third-order valence-corrected chi connectivity index (χ3v) is 4.35. The van der Waals surface area contributed by atoms with Gasteiger partial charge in [0.1, 0.15) is 12.0 Å². The number of carboxylic acid groups (broad SMARTS) is 1. The third kappa shape index (κ3) is 4.05. The molecule has 2 aromatic rings. The van der Waals surface area contributed by atoms with Crippen molar-refractivity contribution in [2.24, 2.45) is 0 Å². The fourth-order valence-corrected chi connectivity index (χ4v) is 3.01. The number of aromatic carboxylic acids is 1. The van der Waals surface area contributed by atoms with Crippen molar-refractivity contribution < 1.29 is 28.6 Å². The van der Waals surface area contributed by atoms with Crippen LogP contribution in [0.5, 0.6) is 5.75 Å². The Balaban J connectivity index is 1.83. The van der Waals surface area contributed by atoms with E-state index in [0.717, 1.165) is 24.7 Å². The Morgan fingerprint density at radius 1 is 1.35 bits per heavy atom. The number of benzene rings is 1. The standard InChI is InChI=1S/C19H21NO6/c1-24-16-7-3-2-5-13(16)10-20(11-15-6-4-8-25-15)18(21)17-9-14(12-26-17)19(22)23/h2-3,5,7,9,12,15H,4,6,8,10-11H2,1H3,(H,22,23). The molecule has 0 bridgehead atoms. The fourth-order valence-electron chi connectivity index (χ4n) is 3.01. The lowest BCUT2D eigenvalue weighted by Gasteiger charge is -2.25. The minimum Gasteiger partial charge on any atom is -0.496 e. The molecule has 1 amide bonds. The Labute approximate surface area is 151 Å². The second kappa shape index (κ2) is 8.05. The van der Waals surface area contributed by atoms with Gasteiger partial charge in [0.05, 0.1) is 18.8 Å². The average molecular weight is 359 g/mol. The van der Waals surface area contributed by atoms with E-state index in [2.05, 4.69) is 0 Å². The molecular weight excluding hydrogens is 338 g/mol. The van der Waals surface area contributed by atoms with Gasteiger partial charge < -0.3 is 23.9 Å². The van der Waals surface area contributed by atoms with E-state index in [-0.39, 0.29) is 23.3 Å². The van der Waals surface area contributed by atoms with Gasteiger partial charge in [-0.1, -0.05) is 18.2 Å². The van der Waals surface area contributed by atoms with Gasteiger partial charge >= 0.3 is 5.97 Å². The molecule has 0 spiro atoms. The number of para-hydroxylation sites is 1. The van der Waals surface area contributed by atoms with Crippen LogP contribution in [0.25, 0.3) is 0 Å². The van der Waals surface area contributed by atoms with E-state index in [4.69, 9.17) is 19.0 Å². The summed E-state index contributed by atoms with van der Waals surface area (Å²) in [4.78, 5) is 25.6. The van der Waals surface area contributed by atoms with Gasteiger partial charge in [-0.15, -0.1) is 0 Å². The number of nitrogens with zero attached hydrogens (tertiary/aromatic N) is 1. The van der Waals surface area contributed by atoms with Crippen molar-refractivity contribution in [3.63, 3.8) is 0 Å². The van der Waals surface area contributed by atoms with E-state index in [1.165, 1.54) is 6.07 Å². The molecule has 1 fully saturated rings. The monoisotopic (exact) mass is 359 g/mol. The molecule has 1 aromatic heterocycles. The zero-order valence-electron chi connectivity index (χ0n) is 14.5. The first kappa shape index (κ1) is 18.0. The molecule has 1 aliphatic heterocycles. The molecule has 138 valence electrons. The lowest BCUT2D eigenvalue weighted by molar-refractivity contribution is 0.0482. The van der Waals surface area contributed by atoms with Crippen molar-refractivity contribution in [3.8, 4) is 5.75 Å². The van der Waals surface area contributed by atoms with Gasteiger partial charge in [-0.3, -0.25) is 4.79 Å². The fraction of sp³-hybridized carbons (Fsp3) is 0.368. The first-order valence-corrected chi connectivity index (χ1v) is 8.43. The van der Waals surface area contributed by atoms with Crippen LogP contribution in [0.3, 0.4) is 0 Å². The SMILES string of the molecule is COc1ccccc1CN(CC1CCCO1)C(=O)c1cc(C(=O)O)co1. The molecule has 26 heavy (non-hydrogen) atoms. The minimum absolute atomic E-state index is 0.00436. The number of ether oxygens (including phenoxy) is 2. The highest BCUT2D eigenvalue weighted by Gasteiger charge is 2.26. The number of furan rings is 1. The van der Waals surface area contributed by atoms with Crippen LogP contribution in [-0.4, -0.2) is 48.2 Å². The summed E-state index contributed by atoms with van der Waals surface area (Å²) in [5.74, 6) is -0.833. The van der Waals surface area contributed by atoms with Crippen molar-refractivity contribution in [3.05, 3.63) is 53.5 Å². The van der Waals surface area contributed by atoms with Crippen LogP contribution in [0.4, 0.5) is 0 Å². The highest BCUT2D eigenvalue weighted by atomic mass is 16.5. The van der Waals surface area contributed by atoms with Crippen LogP contribution >= 0.6 is 0 Å². The predicted molar refractivity (Wildman–Crippen MR) is 92.4 cm³/mol. The topological polar surface area (TPSA) is 89.2 Å². The van der Waals surface area contributed by atoms with E-state index in [1.807, 2.05) is 24.3 Å². The largest absolute Gasteiger partial charge is 0.496 e. The Morgan fingerprint density at radius 2 is 2.15 bits per heavy atom. The highest BCUT2D eigenvalue weighted by Crippen LogP contribution is 2.23. The van der Waals surface area contributed by atoms with E-state index in [9.17, 15) is 9.59 Å². The van der Waals surface area contributed by atoms with E-state index in [1.54, 1.807) is 12.0 Å². The zero-order chi connectivity index (χ0) is 18.5. The van der Waals surface area contributed by atoms with E-state index >= 15 is 0 Å². The molecule has 1 atom stereocenters. The highest BCUT2D eigenvalue weighted by molar-refractivity contribution is 5.95. The van der Waals surface area contributed by atoms with Crippen molar-refractivity contribution in [2.45, 2.75) is 25.5 Å². The number of hydrogen-bond donors (Lipinski definition) is 1. The van der Waals surface area contributed by atoms with Crippen molar-refractivity contribution in [1.82, 2.24) is 4.90 Å². The third-order valence-electron chi connectivity index (χ3n) is 4.35. The van der Waals surface area contributed by atoms with E-state index in [0.29, 0.717) is 25.4 Å². The van der Waals surface area contributed by atoms with Crippen molar-refractivity contribution in [1.29, 1.82) is 0 Å². The molecule has 7 nitrogen and oxygen atoms in total. The average Bonchev–Trinajstić information content (AvgIpc) is 3.33. The maximum absolute atomic E-state index is 12.9. The number of methoxy groups -OCH3 is 1. The van der Waals surface area contributed by atoms with Gasteiger partial charge in [-0.25, -0.2) is 4.79 Å². The molecule has 0 radical (unpaired) electrons. The zero-order valence-corrected chi connectivity index (χ0v) is 14.5. The van der Waals surface area contributed by atoms with Gasteiger partial charge in [0, 0.05) is 31.3 Å². The number of carbonyl (C=O) groups excluding carboxylic acids is 1. The maximum atomic E-state index is 12.9. The number of carboxylic acids is 1. The summed E-state index contributed by atoms with van der Waals surface area (Å²) in [6.07, 6.45) is 2.88. The van der Waals surface area contributed by atoms with Crippen LogP contribution in [-0.2, 0) is 11.3 Å². The molecule has 1 N–H and O–H groups in total. The molecule has 1 unspecified atom stereocenters. The second-order valence-electron chi connectivity index (χ2n) is 6.14. The molecule has 1 saturated heterocycles. The Hall–Kier alpha value is -2.80. The van der Waals surface area contributed by atoms with Crippen LogP contribution in [0, 0.1) is 0 Å². The summed E-state index contributed by atoms with van der Waals surface area (Å²) < 4.78 is 16.2. The summed E-state index contributed by atoms with van der Waals surface area (Å²) >= 11 is 0. The quantitative estimate of drug-likeness (QED) is 0.818. The van der Waals surface area contributed by atoms with Crippen LogP contribution in [0.1, 0.15) is 39.3 Å². The van der Waals surface area contributed by atoms with Crippen LogP contribution in [0.15, 0.2) is 41.0 Å². The lowest BCUT2D eigenvalue weighted by Crippen LogP contribution is -2.36. The van der Waals surface area contributed by atoms with Gasteiger partial charge in [-0.2, -0.15) is 0 Å². The number of amides is 1. The number of carbonyl (C=O) groups is 2. The van der Waals surface area contributed by atoms with E-state index < -0.39 is 5.97 Å². The molecule has 2 heterocycles.